The summed E-state index contributed by atoms with van der Waals surface area (Å²) in [6.07, 6.45) is 6.01. The Labute approximate surface area is 120 Å². The molecule has 5 nitrogen and oxygen atoms in total. The van der Waals surface area contributed by atoms with Gasteiger partial charge in [0.2, 0.25) is 11.8 Å². The van der Waals surface area contributed by atoms with Gasteiger partial charge in [0.25, 0.3) is 0 Å². The van der Waals surface area contributed by atoms with Gasteiger partial charge in [-0.1, -0.05) is 0 Å². The third-order valence-electron chi connectivity index (χ3n) is 5.36. The number of nitrogens with one attached hydrogen (secondary N) is 1. The van der Waals surface area contributed by atoms with Crippen LogP contribution in [0.1, 0.15) is 38.5 Å². The molecule has 4 atom stereocenters. The van der Waals surface area contributed by atoms with Gasteiger partial charge >= 0.3 is 0 Å². The second-order valence-electron chi connectivity index (χ2n) is 6.57. The average Bonchev–Trinajstić information content (AvgIpc) is 3.11. The highest BCUT2D eigenvalue weighted by Gasteiger charge is 2.48. The van der Waals surface area contributed by atoms with E-state index in [1.54, 1.807) is 0 Å². The first kappa shape index (κ1) is 13.9. The van der Waals surface area contributed by atoms with E-state index in [9.17, 15) is 9.59 Å². The third kappa shape index (κ3) is 2.55. The fourth-order valence-electron chi connectivity index (χ4n) is 4.26. The molecule has 2 amide bonds. The Kier molecular flexibility index (Phi) is 3.96. The molecule has 1 heterocycles. The second-order valence-corrected chi connectivity index (χ2v) is 6.57. The minimum atomic E-state index is 0.0298. The monoisotopic (exact) mass is 279 g/mol. The van der Waals surface area contributed by atoms with Gasteiger partial charge in [-0.3, -0.25) is 9.59 Å². The summed E-state index contributed by atoms with van der Waals surface area (Å²) in [5, 5.41) is 3.02. The summed E-state index contributed by atoms with van der Waals surface area (Å²) < 4.78 is 0. The van der Waals surface area contributed by atoms with Crippen molar-refractivity contribution in [2.45, 2.75) is 44.6 Å². The molecule has 2 bridgehead atoms. The molecule has 0 radical (unpaired) electrons. The van der Waals surface area contributed by atoms with Crippen LogP contribution in [0.25, 0.3) is 0 Å². The zero-order chi connectivity index (χ0) is 14.1. The van der Waals surface area contributed by atoms with Gasteiger partial charge in [-0.25, -0.2) is 0 Å². The lowest BCUT2D eigenvalue weighted by Crippen LogP contribution is -2.45. The number of fused-ring (bicyclic) bond motifs is 2. The predicted octanol–water partition coefficient (Wildman–Crippen LogP) is 0.488. The van der Waals surface area contributed by atoms with Gasteiger partial charge in [-0.2, -0.15) is 0 Å². The van der Waals surface area contributed by atoms with Crippen LogP contribution >= 0.6 is 0 Å². The summed E-state index contributed by atoms with van der Waals surface area (Å²) in [4.78, 5) is 25.6. The highest BCUT2D eigenvalue weighted by Crippen LogP contribution is 2.47. The first-order valence-electron chi connectivity index (χ1n) is 7.98. The van der Waals surface area contributed by atoms with Crippen LogP contribution in [-0.2, 0) is 9.59 Å². The first-order valence-corrected chi connectivity index (χ1v) is 7.98. The van der Waals surface area contributed by atoms with Crippen LogP contribution in [0.4, 0.5) is 0 Å². The molecule has 2 saturated carbocycles. The molecular weight excluding hydrogens is 254 g/mol. The zero-order valence-electron chi connectivity index (χ0n) is 12.0. The number of nitrogens with two attached hydrogens (primary N) is 1. The molecule has 2 aliphatic carbocycles. The maximum atomic E-state index is 12.2. The molecule has 1 saturated heterocycles. The van der Waals surface area contributed by atoms with Crippen LogP contribution in [0.5, 0.6) is 0 Å². The lowest BCUT2D eigenvalue weighted by atomic mass is 9.84. The molecule has 0 aromatic rings. The molecule has 1 aliphatic heterocycles. The van der Waals surface area contributed by atoms with Crippen molar-refractivity contribution in [3.63, 3.8) is 0 Å². The molecule has 3 fully saturated rings. The molecule has 112 valence electrons. The van der Waals surface area contributed by atoms with E-state index in [0.717, 1.165) is 32.4 Å². The Morgan fingerprint density at radius 1 is 1.35 bits per heavy atom. The van der Waals surface area contributed by atoms with Crippen LogP contribution in [0, 0.1) is 17.8 Å². The Morgan fingerprint density at radius 3 is 2.80 bits per heavy atom. The molecule has 4 unspecified atom stereocenters. The highest BCUT2D eigenvalue weighted by atomic mass is 16.2. The maximum Gasteiger partial charge on any atom is 0.224 e. The van der Waals surface area contributed by atoms with Crippen molar-refractivity contribution in [3.8, 4) is 0 Å². The van der Waals surface area contributed by atoms with Crippen molar-refractivity contribution < 1.29 is 9.59 Å². The number of rotatable bonds is 5. The van der Waals surface area contributed by atoms with Crippen molar-refractivity contribution >= 4 is 11.8 Å². The van der Waals surface area contributed by atoms with E-state index in [1.807, 2.05) is 4.90 Å². The Balaban J connectivity index is 1.38. The number of nitrogens with zero attached hydrogens (tertiary/aromatic N) is 1. The van der Waals surface area contributed by atoms with Crippen molar-refractivity contribution in [1.29, 1.82) is 0 Å². The first-order chi connectivity index (χ1) is 9.66. The SMILES string of the molecule is NC1C2CCC(C2)C1C(=O)NCCCN1CCCC1=O. The Morgan fingerprint density at radius 2 is 2.15 bits per heavy atom. The number of hydrogen-bond acceptors (Lipinski definition) is 3. The van der Waals surface area contributed by atoms with Gasteiger partial charge in [0.1, 0.15) is 0 Å². The molecule has 3 rings (SSSR count). The molecule has 0 spiro atoms. The van der Waals surface area contributed by atoms with E-state index in [-0.39, 0.29) is 23.8 Å². The molecule has 0 aromatic carbocycles. The fraction of sp³-hybridized carbons (Fsp3) is 0.867. The van der Waals surface area contributed by atoms with Crippen LogP contribution in [0.15, 0.2) is 0 Å². The highest BCUT2D eigenvalue weighted by molar-refractivity contribution is 5.80. The quantitative estimate of drug-likeness (QED) is 0.719. The molecule has 0 aromatic heterocycles. The van der Waals surface area contributed by atoms with Gasteiger partial charge in [-0.15, -0.1) is 0 Å². The normalized spacial score (nSPS) is 35.9. The van der Waals surface area contributed by atoms with Crippen LogP contribution in [0.3, 0.4) is 0 Å². The minimum Gasteiger partial charge on any atom is -0.356 e. The summed E-state index contributed by atoms with van der Waals surface area (Å²) in [5.74, 6) is 1.50. The lowest BCUT2D eigenvalue weighted by molar-refractivity contribution is -0.127. The maximum absolute atomic E-state index is 12.2. The van der Waals surface area contributed by atoms with Gasteiger partial charge < -0.3 is 16.0 Å². The van der Waals surface area contributed by atoms with Gasteiger partial charge in [0, 0.05) is 32.1 Å². The topological polar surface area (TPSA) is 75.4 Å². The van der Waals surface area contributed by atoms with Crippen molar-refractivity contribution in [3.05, 3.63) is 0 Å². The number of likely N-dealkylation sites (tertiary alicyclic amines) is 1. The van der Waals surface area contributed by atoms with Crippen molar-refractivity contribution in [2.75, 3.05) is 19.6 Å². The van der Waals surface area contributed by atoms with E-state index in [1.165, 1.54) is 12.8 Å². The Hall–Kier alpha value is -1.10. The Bertz CT molecular complexity index is 397. The standard InChI is InChI=1S/C15H25N3O2/c16-14-11-5-4-10(9-11)13(14)15(20)17-6-2-8-18-7-1-3-12(18)19/h10-11,13-14H,1-9,16H2,(H,17,20). The van der Waals surface area contributed by atoms with E-state index in [4.69, 9.17) is 5.73 Å². The summed E-state index contributed by atoms with van der Waals surface area (Å²) in [5.41, 5.74) is 6.17. The predicted molar refractivity (Wildman–Crippen MR) is 75.7 cm³/mol. The van der Waals surface area contributed by atoms with Crippen molar-refractivity contribution in [2.24, 2.45) is 23.5 Å². The van der Waals surface area contributed by atoms with Gasteiger partial charge in [0.05, 0.1) is 5.92 Å². The summed E-state index contributed by atoms with van der Waals surface area (Å²) in [6, 6.07) is 0.0638. The van der Waals surface area contributed by atoms with E-state index in [2.05, 4.69) is 5.32 Å². The number of hydrogen-bond donors (Lipinski definition) is 2. The third-order valence-corrected chi connectivity index (χ3v) is 5.36. The lowest BCUT2D eigenvalue weighted by Gasteiger charge is -2.27. The van der Waals surface area contributed by atoms with E-state index < -0.39 is 0 Å². The molecule has 3 N–H and O–H groups in total. The van der Waals surface area contributed by atoms with E-state index >= 15 is 0 Å². The van der Waals surface area contributed by atoms with Crippen LogP contribution in [-0.4, -0.2) is 42.4 Å². The molecule has 5 heteroatoms. The number of carbonyl (C=O) groups is 2. The number of carbonyl (C=O) groups excluding carboxylic acids is 2. The number of amides is 2. The van der Waals surface area contributed by atoms with Crippen molar-refractivity contribution in [1.82, 2.24) is 10.2 Å². The van der Waals surface area contributed by atoms with Crippen LogP contribution in [0.2, 0.25) is 0 Å². The molecular formula is C15H25N3O2. The summed E-state index contributed by atoms with van der Waals surface area (Å²) in [7, 11) is 0. The minimum absolute atomic E-state index is 0.0298. The zero-order valence-corrected chi connectivity index (χ0v) is 12.0. The smallest absolute Gasteiger partial charge is 0.224 e. The largest absolute Gasteiger partial charge is 0.356 e. The van der Waals surface area contributed by atoms with Crippen LogP contribution < -0.4 is 11.1 Å². The average molecular weight is 279 g/mol. The summed E-state index contributed by atoms with van der Waals surface area (Å²) >= 11 is 0. The molecule has 20 heavy (non-hydrogen) atoms. The summed E-state index contributed by atoms with van der Waals surface area (Å²) in [6.45, 7) is 2.30. The van der Waals surface area contributed by atoms with Gasteiger partial charge in [0.15, 0.2) is 0 Å². The second kappa shape index (κ2) is 5.72. The van der Waals surface area contributed by atoms with Gasteiger partial charge in [-0.05, 0) is 43.9 Å². The molecule has 3 aliphatic rings. The fourth-order valence-corrected chi connectivity index (χ4v) is 4.26. The van der Waals surface area contributed by atoms with E-state index in [0.29, 0.717) is 24.8 Å².